The van der Waals surface area contributed by atoms with Gasteiger partial charge >= 0.3 is 0 Å². The number of benzene rings is 1. The van der Waals surface area contributed by atoms with E-state index in [1.807, 2.05) is 0 Å². The minimum Gasteiger partial charge on any atom is -0.350 e. The topological polar surface area (TPSA) is 70.2 Å². The molecule has 5 nitrogen and oxygen atoms in total. The number of fused-ring (bicyclic) bond motifs is 1. The Labute approximate surface area is 148 Å². The zero-order valence-corrected chi connectivity index (χ0v) is 15.7. The predicted molar refractivity (Wildman–Crippen MR) is 94.3 cm³/mol. The van der Waals surface area contributed by atoms with Crippen LogP contribution in [0.3, 0.4) is 0 Å². The third-order valence-electron chi connectivity index (χ3n) is 4.08. The first-order valence-corrected chi connectivity index (χ1v) is 10.5. The van der Waals surface area contributed by atoms with E-state index in [9.17, 15) is 17.6 Å². The molecular weight excluding hydrogens is 399 g/mol. The number of hydrogen-bond donors (Lipinski definition) is 1. The number of carbonyl (C=O) groups is 1. The second-order valence-electron chi connectivity index (χ2n) is 6.42. The van der Waals surface area contributed by atoms with Crippen molar-refractivity contribution in [1.82, 2.24) is 9.88 Å². The summed E-state index contributed by atoms with van der Waals surface area (Å²) >= 11 is 3.23. The molecule has 0 radical (unpaired) electrons. The van der Waals surface area contributed by atoms with Crippen LogP contribution in [0.15, 0.2) is 22.7 Å². The van der Waals surface area contributed by atoms with Gasteiger partial charge in [0, 0.05) is 28.2 Å². The van der Waals surface area contributed by atoms with Gasteiger partial charge in [-0.05, 0) is 38.0 Å². The molecule has 0 spiro atoms. The van der Waals surface area contributed by atoms with Gasteiger partial charge in [-0.15, -0.1) is 0 Å². The first kappa shape index (κ1) is 17.4. The van der Waals surface area contributed by atoms with Gasteiger partial charge in [0.1, 0.15) is 21.3 Å². The predicted octanol–water partition coefficient (Wildman–Crippen LogP) is 3.11. The molecule has 1 aromatic heterocycles. The lowest BCUT2D eigenvalue weighted by atomic mass is 10.2. The maximum Gasteiger partial charge on any atom is 0.270 e. The van der Waals surface area contributed by atoms with Gasteiger partial charge in [0.2, 0.25) is 0 Å². The SMILES string of the molecule is C[C@@H](CS(C)(=O)=O)N(C(=O)c1cc2c(F)cc(Br)cc2[nH]1)C1CC1. The first-order valence-electron chi connectivity index (χ1n) is 7.64. The van der Waals surface area contributed by atoms with E-state index in [1.165, 1.54) is 12.1 Å². The van der Waals surface area contributed by atoms with Crippen LogP contribution in [0.2, 0.25) is 0 Å². The monoisotopic (exact) mass is 416 g/mol. The Balaban J connectivity index is 1.95. The summed E-state index contributed by atoms with van der Waals surface area (Å²) in [7, 11) is -3.20. The molecule has 8 heteroatoms. The highest BCUT2D eigenvalue weighted by atomic mass is 79.9. The summed E-state index contributed by atoms with van der Waals surface area (Å²) in [6, 6.07) is 4.16. The number of hydrogen-bond acceptors (Lipinski definition) is 3. The van der Waals surface area contributed by atoms with Gasteiger partial charge < -0.3 is 9.88 Å². The van der Waals surface area contributed by atoms with Crippen molar-refractivity contribution in [2.45, 2.75) is 31.8 Å². The van der Waals surface area contributed by atoms with Crippen molar-refractivity contribution in [3.63, 3.8) is 0 Å². The molecule has 1 amide bonds. The molecule has 0 aliphatic heterocycles. The number of sulfone groups is 1. The normalized spacial score (nSPS) is 16.3. The molecule has 1 aliphatic rings. The number of H-pyrrole nitrogens is 1. The van der Waals surface area contributed by atoms with Crippen LogP contribution < -0.4 is 0 Å². The summed E-state index contributed by atoms with van der Waals surface area (Å²) in [5.41, 5.74) is 0.797. The molecule has 1 fully saturated rings. The quantitative estimate of drug-likeness (QED) is 0.813. The van der Waals surface area contributed by atoms with E-state index in [-0.39, 0.29) is 23.4 Å². The second kappa shape index (κ2) is 6.15. The van der Waals surface area contributed by atoms with Crippen LogP contribution in [0.25, 0.3) is 10.9 Å². The lowest BCUT2D eigenvalue weighted by Gasteiger charge is -2.28. The summed E-state index contributed by atoms with van der Waals surface area (Å²) in [4.78, 5) is 17.4. The molecular formula is C16H18BrFN2O3S. The van der Waals surface area contributed by atoms with Gasteiger partial charge in [0.25, 0.3) is 5.91 Å². The fourth-order valence-electron chi connectivity index (χ4n) is 3.01. The number of aromatic nitrogens is 1. The molecule has 3 rings (SSSR count). The number of halogens is 2. The maximum absolute atomic E-state index is 14.0. The van der Waals surface area contributed by atoms with Gasteiger partial charge in [-0.1, -0.05) is 15.9 Å². The van der Waals surface area contributed by atoms with Gasteiger partial charge in [-0.2, -0.15) is 0 Å². The van der Waals surface area contributed by atoms with Crippen LogP contribution in [0.5, 0.6) is 0 Å². The van der Waals surface area contributed by atoms with E-state index in [1.54, 1.807) is 17.9 Å². The van der Waals surface area contributed by atoms with E-state index >= 15 is 0 Å². The van der Waals surface area contributed by atoms with Gasteiger partial charge in [0.05, 0.1) is 11.3 Å². The standard InChI is InChI=1S/C16H18BrFN2O3S/c1-9(8-24(2,22)23)20(11-3-4-11)16(21)15-7-12-13(18)5-10(17)6-14(12)19-15/h5-7,9,11,19H,3-4,8H2,1-2H3/t9-/m0/s1. The third-order valence-corrected chi connectivity index (χ3v) is 5.62. The molecule has 1 aromatic carbocycles. The Morgan fingerprint density at radius 1 is 1.42 bits per heavy atom. The zero-order chi connectivity index (χ0) is 17.6. The van der Waals surface area contributed by atoms with Crippen molar-refractivity contribution >= 4 is 42.6 Å². The summed E-state index contributed by atoms with van der Waals surface area (Å²) in [6.45, 7) is 1.73. The molecule has 0 unspecified atom stereocenters. The van der Waals surface area contributed by atoms with E-state index in [4.69, 9.17) is 0 Å². The number of nitrogens with zero attached hydrogens (tertiary/aromatic N) is 1. The Hall–Kier alpha value is -1.41. The van der Waals surface area contributed by atoms with Crippen LogP contribution in [-0.2, 0) is 9.84 Å². The minimum atomic E-state index is -3.20. The number of nitrogens with one attached hydrogen (secondary N) is 1. The fourth-order valence-corrected chi connectivity index (χ4v) is 4.48. The number of carbonyl (C=O) groups excluding carboxylic acids is 1. The van der Waals surface area contributed by atoms with Crippen molar-refractivity contribution in [2.24, 2.45) is 0 Å². The number of aromatic amines is 1. The average Bonchev–Trinajstić information content (AvgIpc) is 3.14. The van der Waals surface area contributed by atoms with E-state index in [0.29, 0.717) is 15.4 Å². The highest BCUT2D eigenvalue weighted by Gasteiger charge is 2.37. The molecule has 130 valence electrons. The van der Waals surface area contributed by atoms with Crippen molar-refractivity contribution in [1.29, 1.82) is 0 Å². The van der Waals surface area contributed by atoms with Crippen LogP contribution in [-0.4, -0.2) is 48.3 Å². The largest absolute Gasteiger partial charge is 0.350 e. The molecule has 1 N–H and O–H groups in total. The summed E-state index contributed by atoms with van der Waals surface area (Å²) in [5, 5.41) is 0.341. The number of rotatable bonds is 5. The van der Waals surface area contributed by atoms with Crippen LogP contribution >= 0.6 is 15.9 Å². The first-order chi connectivity index (χ1) is 11.2. The molecule has 1 aliphatic carbocycles. The van der Waals surface area contributed by atoms with E-state index < -0.39 is 21.7 Å². The van der Waals surface area contributed by atoms with Crippen molar-refractivity contribution in [3.05, 3.63) is 34.2 Å². The van der Waals surface area contributed by atoms with Crippen LogP contribution in [0.1, 0.15) is 30.3 Å². The average molecular weight is 417 g/mol. The van der Waals surface area contributed by atoms with Gasteiger partial charge in [-0.25, -0.2) is 12.8 Å². The fraction of sp³-hybridized carbons (Fsp3) is 0.438. The molecule has 1 atom stereocenters. The Bertz CT molecular complexity index is 905. The van der Waals surface area contributed by atoms with E-state index in [2.05, 4.69) is 20.9 Å². The number of amides is 1. The summed E-state index contributed by atoms with van der Waals surface area (Å²) < 4.78 is 37.7. The van der Waals surface area contributed by atoms with Gasteiger partial charge in [-0.3, -0.25) is 4.79 Å². The van der Waals surface area contributed by atoms with Gasteiger partial charge in [0.15, 0.2) is 0 Å². The molecule has 1 saturated carbocycles. The molecule has 0 bridgehead atoms. The van der Waals surface area contributed by atoms with Crippen molar-refractivity contribution in [3.8, 4) is 0 Å². The second-order valence-corrected chi connectivity index (χ2v) is 9.52. The molecule has 0 saturated heterocycles. The Morgan fingerprint density at radius 3 is 2.67 bits per heavy atom. The highest BCUT2D eigenvalue weighted by molar-refractivity contribution is 9.10. The molecule has 2 aromatic rings. The Morgan fingerprint density at radius 2 is 2.08 bits per heavy atom. The van der Waals surface area contributed by atoms with E-state index in [0.717, 1.165) is 19.1 Å². The van der Waals surface area contributed by atoms with Crippen molar-refractivity contribution < 1.29 is 17.6 Å². The third kappa shape index (κ3) is 3.64. The molecule has 1 heterocycles. The minimum absolute atomic E-state index is 0.0530. The summed E-state index contributed by atoms with van der Waals surface area (Å²) in [5.74, 6) is -0.799. The Kier molecular flexibility index (Phi) is 4.46. The lowest BCUT2D eigenvalue weighted by molar-refractivity contribution is 0.0687. The lowest BCUT2D eigenvalue weighted by Crippen LogP contribution is -2.43. The summed E-state index contributed by atoms with van der Waals surface area (Å²) in [6.07, 6.45) is 2.88. The zero-order valence-electron chi connectivity index (χ0n) is 13.3. The maximum atomic E-state index is 14.0. The molecule has 24 heavy (non-hydrogen) atoms. The highest BCUT2D eigenvalue weighted by Crippen LogP contribution is 2.31. The van der Waals surface area contributed by atoms with Crippen LogP contribution in [0.4, 0.5) is 4.39 Å². The van der Waals surface area contributed by atoms with Crippen molar-refractivity contribution in [2.75, 3.05) is 12.0 Å². The smallest absolute Gasteiger partial charge is 0.270 e. The van der Waals surface area contributed by atoms with Crippen LogP contribution in [0, 0.1) is 5.82 Å².